The quantitative estimate of drug-likeness (QED) is 0.357. The summed E-state index contributed by atoms with van der Waals surface area (Å²) in [5, 5.41) is 23.9. The molecule has 5 rings (SSSR count). The molecule has 2 aliphatic rings. The second-order valence-electron chi connectivity index (χ2n) is 9.88. The van der Waals surface area contributed by atoms with E-state index in [0.717, 1.165) is 5.56 Å². The number of fused-ring (bicyclic) bond motifs is 2. The topological polar surface area (TPSA) is 119 Å². The van der Waals surface area contributed by atoms with Crippen LogP contribution in [0, 0.1) is 5.92 Å². The standard InChI is InChI=1S/C31H31N3O6/c1-21(8-7-13-28(36)33(16-17-35)19-22-9-3-2-4-10-22)31(39)24-18-23(14-15-25(24)32-30(31)38)34-26-11-5-6-12-27(26)40-20-29(34)37/h2-12,14-15,18,21,35,39H,13,16-17,19-20H2,1H3,(H,32,38)/b8-7+/t21-,31+/m1/s1. The van der Waals surface area contributed by atoms with Gasteiger partial charge in [-0.25, -0.2) is 0 Å². The van der Waals surface area contributed by atoms with E-state index in [1.165, 1.54) is 4.90 Å². The van der Waals surface area contributed by atoms with E-state index in [-0.39, 0.29) is 38.0 Å². The van der Waals surface area contributed by atoms with E-state index < -0.39 is 17.4 Å². The van der Waals surface area contributed by atoms with Gasteiger partial charge in [0.05, 0.1) is 12.3 Å². The Labute approximate surface area is 232 Å². The number of aliphatic hydroxyl groups is 2. The largest absolute Gasteiger partial charge is 0.482 e. The smallest absolute Gasteiger partial charge is 0.269 e. The number of nitrogens with zero attached hydrogens (tertiary/aromatic N) is 2. The van der Waals surface area contributed by atoms with Crippen molar-refractivity contribution in [2.75, 3.05) is 30.0 Å². The van der Waals surface area contributed by atoms with Crippen molar-refractivity contribution in [3.63, 3.8) is 0 Å². The first-order valence-corrected chi connectivity index (χ1v) is 13.1. The molecule has 0 spiro atoms. The molecule has 3 amide bonds. The van der Waals surface area contributed by atoms with Crippen molar-refractivity contribution in [1.82, 2.24) is 4.90 Å². The Bertz CT molecular complexity index is 1460. The van der Waals surface area contributed by atoms with Gasteiger partial charge in [-0.1, -0.05) is 61.5 Å². The molecule has 9 nitrogen and oxygen atoms in total. The molecule has 3 N–H and O–H groups in total. The summed E-state index contributed by atoms with van der Waals surface area (Å²) in [7, 11) is 0. The van der Waals surface area contributed by atoms with E-state index in [0.29, 0.717) is 34.9 Å². The van der Waals surface area contributed by atoms with Crippen LogP contribution in [0.4, 0.5) is 17.1 Å². The molecule has 3 aromatic rings. The van der Waals surface area contributed by atoms with Crippen LogP contribution in [0.3, 0.4) is 0 Å². The van der Waals surface area contributed by atoms with Crippen LogP contribution in [0.25, 0.3) is 0 Å². The normalized spacial score (nSPS) is 18.6. The molecule has 0 unspecified atom stereocenters. The number of hydrogen-bond donors (Lipinski definition) is 3. The van der Waals surface area contributed by atoms with Crippen LogP contribution in [0.15, 0.2) is 84.9 Å². The van der Waals surface area contributed by atoms with Crippen molar-refractivity contribution >= 4 is 34.8 Å². The Morgan fingerprint density at radius 1 is 1.12 bits per heavy atom. The molecular formula is C31H31N3O6. The van der Waals surface area contributed by atoms with Gasteiger partial charge in [0.1, 0.15) is 5.75 Å². The van der Waals surface area contributed by atoms with Crippen LogP contribution in [0.5, 0.6) is 5.75 Å². The number of nitrogens with one attached hydrogen (secondary N) is 1. The van der Waals surface area contributed by atoms with E-state index >= 15 is 0 Å². The van der Waals surface area contributed by atoms with Gasteiger partial charge in [-0.15, -0.1) is 0 Å². The molecule has 0 aliphatic carbocycles. The van der Waals surface area contributed by atoms with Crippen LogP contribution in [0.2, 0.25) is 0 Å². The van der Waals surface area contributed by atoms with E-state index in [9.17, 15) is 24.6 Å². The number of ether oxygens (including phenoxy) is 1. The third-order valence-electron chi connectivity index (χ3n) is 7.29. The number of rotatable bonds is 9. The zero-order chi connectivity index (χ0) is 28.3. The monoisotopic (exact) mass is 541 g/mol. The number of benzene rings is 3. The number of carbonyl (C=O) groups is 3. The van der Waals surface area contributed by atoms with Gasteiger partial charge in [-0.2, -0.15) is 0 Å². The molecule has 2 atom stereocenters. The van der Waals surface area contributed by atoms with Gasteiger partial charge in [-0.3, -0.25) is 19.3 Å². The first-order valence-electron chi connectivity index (χ1n) is 13.1. The molecule has 206 valence electrons. The Balaban J connectivity index is 1.35. The zero-order valence-corrected chi connectivity index (χ0v) is 22.1. The highest BCUT2D eigenvalue weighted by molar-refractivity contribution is 6.08. The van der Waals surface area contributed by atoms with Crippen molar-refractivity contribution < 1.29 is 29.3 Å². The maximum Gasteiger partial charge on any atom is 0.269 e. The van der Waals surface area contributed by atoms with E-state index in [1.807, 2.05) is 36.4 Å². The van der Waals surface area contributed by atoms with E-state index in [4.69, 9.17) is 4.74 Å². The first kappa shape index (κ1) is 27.1. The summed E-state index contributed by atoms with van der Waals surface area (Å²) in [6.45, 7) is 1.99. The third-order valence-corrected chi connectivity index (χ3v) is 7.29. The Morgan fingerprint density at radius 2 is 1.88 bits per heavy atom. The van der Waals surface area contributed by atoms with E-state index in [2.05, 4.69) is 5.32 Å². The number of para-hydroxylation sites is 2. The van der Waals surface area contributed by atoms with Crippen molar-refractivity contribution in [2.45, 2.75) is 25.5 Å². The van der Waals surface area contributed by atoms with Crippen LogP contribution < -0.4 is 15.0 Å². The molecule has 40 heavy (non-hydrogen) atoms. The molecule has 3 aromatic carbocycles. The number of hydrogen-bond acceptors (Lipinski definition) is 6. The minimum atomic E-state index is -1.91. The summed E-state index contributed by atoms with van der Waals surface area (Å²) in [6, 6.07) is 21.7. The minimum absolute atomic E-state index is 0.0425. The fourth-order valence-corrected chi connectivity index (χ4v) is 5.13. The molecule has 9 heteroatoms. The van der Waals surface area contributed by atoms with Crippen LogP contribution in [-0.4, -0.2) is 52.6 Å². The van der Waals surface area contributed by atoms with Gasteiger partial charge in [-0.05, 0) is 35.9 Å². The van der Waals surface area contributed by atoms with Gasteiger partial charge in [0.2, 0.25) is 5.91 Å². The first-order chi connectivity index (χ1) is 19.3. The Morgan fingerprint density at radius 3 is 2.65 bits per heavy atom. The van der Waals surface area contributed by atoms with Crippen molar-refractivity contribution in [3.8, 4) is 5.75 Å². The zero-order valence-electron chi connectivity index (χ0n) is 22.1. The molecular weight excluding hydrogens is 510 g/mol. The number of aliphatic hydroxyl groups excluding tert-OH is 1. The van der Waals surface area contributed by atoms with Crippen molar-refractivity contribution in [3.05, 3.63) is 96.1 Å². The van der Waals surface area contributed by atoms with Gasteiger partial charge >= 0.3 is 0 Å². The van der Waals surface area contributed by atoms with E-state index in [1.54, 1.807) is 60.4 Å². The molecule has 0 radical (unpaired) electrons. The van der Waals surface area contributed by atoms with Gasteiger partial charge in [0, 0.05) is 42.4 Å². The number of carbonyl (C=O) groups excluding carboxylic acids is 3. The van der Waals surface area contributed by atoms with Gasteiger partial charge in [0.25, 0.3) is 11.8 Å². The van der Waals surface area contributed by atoms with Crippen LogP contribution in [0.1, 0.15) is 24.5 Å². The summed E-state index contributed by atoms with van der Waals surface area (Å²) in [5.74, 6) is -1.16. The molecule has 0 aromatic heterocycles. The van der Waals surface area contributed by atoms with Crippen LogP contribution in [-0.2, 0) is 26.5 Å². The lowest BCUT2D eigenvalue weighted by atomic mass is 9.82. The number of anilines is 3. The fraction of sp³-hybridized carbons (Fsp3) is 0.258. The predicted molar refractivity (Wildman–Crippen MR) is 150 cm³/mol. The number of amides is 3. The second-order valence-corrected chi connectivity index (χ2v) is 9.88. The lowest BCUT2D eigenvalue weighted by molar-refractivity contribution is -0.137. The summed E-state index contributed by atoms with van der Waals surface area (Å²) >= 11 is 0. The SMILES string of the molecule is C[C@H](/C=C/CC(=O)N(CCO)Cc1ccccc1)[C@@]1(O)C(=O)Nc2ccc(N3C(=O)COc4ccccc43)cc21. The molecule has 2 aliphatic heterocycles. The van der Waals surface area contributed by atoms with Crippen molar-refractivity contribution in [1.29, 1.82) is 0 Å². The summed E-state index contributed by atoms with van der Waals surface area (Å²) in [6.07, 6.45) is 3.33. The molecule has 0 saturated carbocycles. The summed E-state index contributed by atoms with van der Waals surface area (Å²) in [5.41, 5.74) is 0.927. The van der Waals surface area contributed by atoms with Crippen molar-refractivity contribution in [2.24, 2.45) is 5.92 Å². The van der Waals surface area contributed by atoms with Crippen LogP contribution >= 0.6 is 0 Å². The molecule has 2 heterocycles. The highest BCUT2D eigenvalue weighted by Crippen LogP contribution is 2.45. The lowest BCUT2D eigenvalue weighted by Gasteiger charge is -2.31. The maximum absolute atomic E-state index is 13.0. The lowest BCUT2D eigenvalue weighted by Crippen LogP contribution is -2.40. The summed E-state index contributed by atoms with van der Waals surface area (Å²) in [4.78, 5) is 41.9. The predicted octanol–water partition coefficient (Wildman–Crippen LogP) is 3.49. The second kappa shape index (κ2) is 11.3. The molecule has 0 saturated heterocycles. The van der Waals surface area contributed by atoms with Gasteiger partial charge in [0.15, 0.2) is 12.2 Å². The maximum atomic E-state index is 13.0. The molecule has 0 bridgehead atoms. The average Bonchev–Trinajstić information content (AvgIpc) is 3.23. The minimum Gasteiger partial charge on any atom is -0.482 e. The Hall–Kier alpha value is -4.47. The Kier molecular flexibility index (Phi) is 7.68. The van der Waals surface area contributed by atoms with Gasteiger partial charge < -0.3 is 25.2 Å². The highest BCUT2D eigenvalue weighted by Gasteiger charge is 2.49. The highest BCUT2D eigenvalue weighted by atomic mass is 16.5. The summed E-state index contributed by atoms with van der Waals surface area (Å²) < 4.78 is 5.54. The molecule has 0 fully saturated rings. The third kappa shape index (κ3) is 5.09. The average molecular weight is 542 g/mol. The fourth-order valence-electron chi connectivity index (χ4n) is 5.13.